The second-order valence-corrected chi connectivity index (χ2v) is 6.10. The maximum atomic E-state index is 11.8. The lowest BCUT2D eigenvalue weighted by atomic mass is 10.1. The maximum Gasteiger partial charge on any atom is 0.248 e. The zero-order valence-corrected chi connectivity index (χ0v) is 13.9. The lowest BCUT2D eigenvalue weighted by Gasteiger charge is -2.34. The SMILES string of the molecule is COCC(=O)N1CCN(Cc2c(Cl)ccc3cccnc23)CC1. The lowest BCUT2D eigenvalue weighted by molar-refractivity contribution is -0.136. The molecule has 122 valence electrons. The van der Waals surface area contributed by atoms with Crippen molar-refractivity contribution in [2.75, 3.05) is 39.9 Å². The quantitative estimate of drug-likeness (QED) is 0.860. The highest BCUT2D eigenvalue weighted by Gasteiger charge is 2.22. The molecule has 0 radical (unpaired) electrons. The molecule has 6 heteroatoms. The highest BCUT2D eigenvalue weighted by molar-refractivity contribution is 6.32. The van der Waals surface area contributed by atoms with Gasteiger partial charge in [0.2, 0.25) is 5.91 Å². The maximum absolute atomic E-state index is 11.8. The first kappa shape index (κ1) is 16.2. The number of amides is 1. The van der Waals surface area contributed by atoms with Gasteiger partial charge in [0.25, 0.3) is 0 Å². The van der Waals surface area contributed by atoms with Crippen molar-refractivity contribution in [1.82, 2.24) is 14.8 Å². The van der Waals surface area contributed by atoms with Crippen molar-refractivity contribution in [3.63, 3.8) is 0 Å². The van der Waals surface area contributed by atoms with Crippen LogP contribution in [0.4, 0.5) is 0 Å². The van der Waals surface area contributed by atoms with Crippen molar-refractivity contribution in [3.8, 4) is 0 Å². The van der Waals surface area contributed by atoms with E-state index < -0.39 is 0 Å². The number of pyridine rings is 1. The minimum Gasteiger partial charge on any atom is -0.375 e. The van der Waals surface area contributed by atoms with Crippen molar-refractivity contribution in [1.29, 1.82) is 0 Å². The number of hydrogen-bond donors (Lipinski definition) is 0. The number of methoxy groups -OCH3 is 1. The van der Waals surface area contributed by atoms with Crippen LogP contribution in [0.1, 0.15) is 5.56 Å². The molecule has 3 rings (SSSR count). The van der Waals surface area contributed by atoms with E-state index >= 15 is 0 Å². The van der Waals surface area contributed by atoms with Crippen LogP contribution in [0.5, 0.6) is 0 Å². The van der Waals surface area contributed by atoms with Crippen LogP contribution in [-0.4, -0.2) is 60.6 Å². The van der Waals surface area contributed by atoms with Gasteiger partial charge in [-0.2, -0.15) is 0 Å². The molecule has 0 bridgehead atoms. The lowest BCUT2D eigenvalue weighted by Crippen LogP contribution is -2.49. The first-order valence-corrected chi connectivity index (χ1v) is 8.08. The molecule has 1 saturated heterocycles. The van der Waals surface area contributed by atoms with E-state index in [4.69, 9.17) is 16.3 Å². The third-order valence-electron chi connectivity index (χ3n) is 4.20. The van der Waals surface area contributed by atoms with Gasteiger partial charge in [-0.1, -0.05) is 23.7 Å². The Bertz CT molecular complexity index is 699. The number of benzene rings is 1. The van der Waals surface area contributed by atoms with Crippen LogP contribution in [0.3, 0.4) is 0 Å². The van der Waals surface area contributed by atoms with Gasteiger partial charge in [-0.25, -0.2) is 0 Å². The van der Waals surface area contributed by atoms with E-state index in [2.05, 4.69) is 9.88 Å². The summed E-state index contributed by atoms with van der Waals surface area (Å²) in [6.07, 6.45) is 1.80. The Morgan fingerprint density at radius 3 is 2.78 bits per heavy atom. The molecular weight excluding hydrogens is 314 g/mol. The van der Waals surface area contributed by atoms with Crippen LogP contribution in [0.15, 0.2) is 30.5 Å². The van der Waals surface area contributed by atoms with E-state index in [0.717, 1.165) is 54.2 Å². The van der Waals surface area contributed by atoms with Crippen LogP contribution in [0.25, 0.3) is 10.9 Å². The summed E-state index contributed by atoms with van der Waals surface area (Å²) in [6, 6.07) is 7.90. The van der Waals surface area contributed by atoms with E-state index in [9.17, 15) is 4.79 Å². The summed E-state index contributed by atoms with van der Waals surface area (Å²) in [5.41, 5.74) is 2.01. The third kappa shape index (κ3) is 3.63. The van der Waals surface area contributed by atoms with Crippen LogP contribution < -0.4 is 0 Å². The summed E-state index contributed by atoms with van der Waals surface area (Å²) in [5, 5.41) is 1.84. The molecule has 0 unspecified atom stereocenters. The molecule has 1 aliphatic heterocycles. The number of carbonyl (C=O) groups is 1. The van der Waals surface area contributed by atoms with Crippen LogP contribution in [-0.2, 0) is 16.1 Å². The average Bonchev–Trinajstić information content (AvgIpc) is 2.58. The monoisotopic (exact) mass is 333 g/mol. The number of ether oxygens (including phenoxy) is 1. The van der Waals surface area contributed by atoms with Gasteiger partial charge in [0.15, 0.2) is 0 Å². The molecule has 0 atom stereocenters. The van der Waals surface area contributed by atoms with E-state index in [-0.39, 0.29) is 12.5 Å². The molecule has 1 fully saturated rings. The smallest absolute Gasteiger partial charge is 0.248 e. The second kappa shape index (κ2) is 7.25. The number of piperazine rings is 1. The molecule has 0 saturated carbocycles. The van der Waals surface area contributed by atoms with Gasteiger partial charge in [0, 0.05) is 62.0 Å². The van der Waals surface area contributed by atoms with Gasteiger partial charge in [-0.15, -0.1) is 0 Å². The van der Waals surface area contributed by atoms with E-state index in [1.807, 2.05) is 29.2 Å². The van der Waals surface area contributed by atoms with Gasteiger partial charge >= 0.3 is 0 Å². The summed E-state index contributed by atoms with van der Waals surface area (Å²) in [7, 11) is 1.55. The molecule has 0 spiro atoms. The number of carbonyl (C=O) groups excluding carboxylic acids is 1. The topological polar surface area (TPSA) is 45.7 Å². The van der Waals surface area contributed by atoms with Crippen molar-refractivity contribution >= 4 is 28.4 Å². The highest BCUT2D eigenvalue weighted by Crippen LogP contribution is 2.26. The number of fused-ring (bicyclic) bond motifs is 1. The van der Waals surface area contributed by atoms with Crippen LogP contribution in [0, 0.1) is 0 Å². The van der Waals surface area contributed by atoms with Gasteiger partial charge in [-0.05, 0) is 12.1 Å². The summed E-state index contributed by atoms with van der Waals surface area (Å²) < 4.78 is 4.91. The molecule has 0 N–H and O–H groups in total. The molecular formula is C17H20ClN3O2. The van der Waals surface area contributed by atoms with Crippen molar-refractivity contribution in [3.05, 3.63) is 41.0 Å². The number of aromatic nitrogens is 1. The molecule has 1 aromatic heterocycles. The van der Waals surface area contributed by atoms with Gasteiger partial charge in [0.05, 0.1) is 5.52 Å². The average molecular weight is 334 g/mol. The van der Waals surface area contributed by atoms with Crippen molar-refractivity contribution in [2.45, 2.75) is 6.54 Å². The van der Waals surface area contributed by atoms with Crippen molar-refractivity contribution in [2.24, 2.45) is 0 Å². The van der Waals surface area contributed by atoms with E-state index in [1.165, 1.54) is 0 Å². The summed E-state index contributed by atoms with van der Waals surface area (Å²) >= 11 is 6.40. The minimum atomic E-state index is 0.0528. The number of rotatable bonds is 4. The number of hydrogen-bond acceptors (Lipinski definition) is 4. The highest BCUT2D eigenvalue weighted by atomic mass is 35.5. The second-order valence-electron chi connectivity index (χ2n) is 5.69. The minimum absolute atomic E-state index is 0.0528. The molecule has 2 heterocycles. The third-order valence-corrected chi connectivity index (χ3v) is 4.55. The van der Waals surface area contributed by atoms with Gasteiger partial charge in [0.1, 0.15) is 6.61 Å². The Morgan fingerprint density at radius 1 is 1.26 bits per heavy atom. The fourth-order valence-electron chi connectivity index (χ4n) is 2.93. The summed E-state index contributed by atoms with van der Waals surface area (Å²) in [4.78, 5) is 20.5. The zero-order chi connectivity index (χ0) is 16.2. The summed E-state index contributed by atoms with van der Waals surface area (Å²) in [5.74, 6) is 0.0528. The fourth-order valence-corrected chi connectivity index (χ4v) is 3.14. The first-order chi connectivity index (χ1) is 11.2. The Labute approximate surface area is 140 Å². The predicted octanol–water partition coefficient (Wildman–Crippen LogP) is 2.18. The van der Waals surface area contributed by atoms with Gasteiger partial charge in [-0.3, -0.25) is 14.7 Å². The first-order valence-electron chi connectivity index (χ1n) is 7.70. The van der Waals surface area contributed by atoms with Crippen LogP contribution >= 0.6 is 11.6 Å². The zero-order valence-electron chi connectivity index (χ0n) is 13.2. The number of halogens is 1. The molecule has 5 nitrogen and oxygen atoms in total. The Kier molecular flexibility index (Phi) is 5.10. The fraction of sp³-hybridized carbons (Fsp3) is 0.412. The normalized spacial score (nSPS) is 16.0. The van der Waals surface area contributed by atoms with Crippen molar-refractivity contribution < 1.29 is 9.53 Å². The van der Waals surface area contributed by atoms with Crippen LogP contribution in [0.2, 0.25) is 5.02 Å². The Morgan fingerprint density at radius 2 is 2.04 bits per heavy atom. The molecule has 23 heavy (non-hydrogen) atoms. The number of nitrogens with zero attached hydrogens (tertiary/aromatic N) is 3. The molecule has 0 aliphatic carbocycles. The molecule has 1 aromatic carbocycles. The standard InChI is InChI=1S/C17H20ClN3O2/c1-23-12-16(22)21-9-7-20(8-10-21)11-14-15(18)5-4-13-3-2-6-19-17(13)14/h2-6H,7-12H2,1H3. The molecule has 1 aliphatic rings. The largest absolute Gasteiger partial charge is 0.375 e. The van der Waals surface area contributed by atoms with Gasteiger partial charge < -0.3 is 9.64 Å². The molecule has 1 amide bonds. The molecule has 2 aromatic rings. The van der Waals surface area contributed by atoms with E-state index in [0.29, 0.717) is 0 Å². The Hall–Kier alpha value is -1.69. The predicted molar refractivity (Wildman–Crippen MR) is 90.5 cm³/mol. The Balaban J connectivity index is 1.70. The summed E-state index contributed by atoms with van der Waals surface area (Å²) in [6.45, 7) is 4.00. The van der Waals surface area contributed by atoms with E-state index in [1.54, 1.807) is 13.3 Å².